The highest BCUT2D eigenvalue weighted by Gasteiger charge is 2.35. The van der Waals surface area contributed by atoms with Crippen molar-refractivity contribution in [3.05, 3.63) is 0 Å². The number of carbonyl (C=O) groups is 1. The Hall–Kier alpha value is -0.460. The molecule has 0 heterocycles. The second-order valence-corrected chi connectivity index (χ2v) is 6.85. The molecule has 0 amide bonds. The molecule has 0 aromatic carbocycles. The van der Waals surface area contributed by atoms with Gasteiger partial charge >= 0.3 is 0 Å². The van der Waals surface area contributed by atoms with E-state index >= 15 is 0 Å². The highest BCUT2D eigenvalue weighted by molar-refractivity contribution is 7.91. The van der Waals surface area contributed by atoms with Gasteiger partial charge in [-0.05, 0) is 19.3 Å². The van der Waals surface area contributed by atoms with Crippen molar-refractivity contribution >= 4 is 15.6 Å². The fourth-order valence-electron chi connectivity index (χ4n) is 2.31. The number of ketones is 1. The van der Waals surface area contributed by atoms with Gasteiger partial charge in [-0.25, -0.2) is 8.42 Å². The van der Waals surface area contributed by atoms with Gasteiger partial charge in [0.25, 0.3) is 0 Å². The summed E-state index contributed by atoms with van der Waals surface area (Å²) in [4.78, 5) is 12.0. The second-order valence-electron chi connectivity index (χ2n) is 4.52. The van der Waals surface area contributed by atoms with Crippen LogP contribution in [0.25, 0.3) is 0 Å². The van der Waals surface area contributed by atoms with Crippen LogP contribution in [-0.4, -0.2) is 46.2 Å². The van der Waals surface area contributed by atoms with Crippen LogP contribution in [0.3, 0.4) is 0 Å². The lowest BCUT2D eigenvalue weighted by molar-refractivity contribution is -0.161. The molecule has 1 aliphatic carbocycles. The number of Topliss-reactive ketones (excluding diaryl/α,β-unsaturated/α-hetero) is 1. The Morgan fingerprint density at radius 1 is 1.24 bits per heavy atom. The van der Waals surface area contributed by atoms with Crippen LogP contribution in [0.1, 0.15) is 25.7 Å². The van der Waals surface area contributed by atoms with Crippen molar-refractivity contribution in [1.29, 1.82) is 0 Å². The summed E-state index contributed by atoms with van der Waals surface area (Å²) in [5.41, 5.74) is 0. The van der Waals surface area contributed by atoms with Crippen molar-refractivity contribution in [3.63, 3.8) is 0 Å². The minimum atomic E-state index is -3.07. The number of ether oxygens (including phenoxy) is 2. The molecule has 0 spiro atoms. The standard InChI is InChI=1S/C11H20O5S/c1-15-11(16-2)10(12)8-5-4-6-9(7-8)17(3,13)14/h8-9,11H,4-7H2,1-3H3. The third kappa shape index (κ3) is 3.76. The normalized spacial score (nSPS) is 26.1. The summed E-state index contributed by atoms with van der Waals surface area (Å²) >= 11 is 0. The van der Waals surface area contributed by atoms with Gasteiger partial charge in [-0.2, -0.15) is 0 Å². The monoisotopic (exact) mass is 264 g/mol. The van der Waals surface area contributed by atoms with Crippen LogP contribution in [0.4, 0.5) is 0 Å². The van der Waals surface area contributed by atoms with Crippen molar-refractivity contribution in [1.82, 2.24) is 0 Å². The molecule has 0 radical (unpaired) electrons. The summed E-state index contributed by atoms with van der Waals surface area (Å²) in [5, 5.41) is -0.403. The topological polar surface area (TPSA) is 69.7 Å². The van der Waals surface area contributed by atoms with Crippen molar-refractivity contribution in [3.8, 4) is 0 Å². The van der Waals surface area contributed by atoms with E-state index in [2.05, 4.69) is 0 Å². The second kappa shape index (κ2) is 5.93. The van der Waals surface area contributed by atoms with E-state index < -0.39 is 21.4 Å². The average molecular weight is 264 g/mol. The maximum atomic E-state index is 12.0. The van der Waals surface area contributed by atoms with E-state index in [0.29, 0.717) is 19.3 Å². The van der Waals surface area contributed by atoms with Gasteiger partial charge in [0.1, 0.15) is 9.84 Å². The van der Waals surface area contributed by atoms with Crippen LogP contribution >= 0.6 is 0 Å². The molecule has 0 aromatic heterocycles. The first-order valence-corrected chi connectivity index (χ1v) is 7.63. The molecular formula is C11H20O5S. The zero-order valence-corrected chi connectivity index (χ0v) is 11.3. The number of rotatable bonds is 5. The lowest BCUT2D eigenvalue weighted by atomic mass is 9.85. The van der Waals surface area contributed by atoms with Gasteiger partial charge in [0.2, 0.25) is 6.29 Å². The van der Waals surface area contributed by atoms with Gasteiger partial charge in [-0.1, -0.05) is 6.42 Å². The number of sulfone groups is 1. The molecule has 0 aromatic rings. The molecule has 0 saturated heterocycles. The third-order valence-corrected chi connectivity index (χ3v) is 4.93. The first kappa shape index (κ1) is 14.6. The molecule has 2 atom stereocenters. The van der Waals surface area contributed by atoms with Crippen LogP contribution in [0.5, 0.6) is 0 Å². The number of carbonyl (C=O) groups excluding carboxylic acids is 1. The molecule has 5 nitrogen and oxygen atoms in total. The maximum absolute atomic E-state index is 12.0. The molecule has 17 heavy (non-hydrogen) atoms. The Kier molecular flexibility index (Phi) is 5.09. The smallest absolute Gasteiger partial charge is 0.217 e. The molecule has 1 rings (SSSR count). The van der Waals surface area contributed by atoms with Crippen LogP contribution in [0.2, 0.25) is 0 Å². The van der Waals surface area contributed by atoms with Crippen molar-refractivity contribution in [2.75, 3.05) is 20.5 Å². The summed E-state index contributed by atoms with van der Waals surface area (Å²) < 4.78 is 32.8. The Morgan fingerprint density at radius 3 is 2.29 bits per heavy atom. The van der Waals surface area contributed by atoms with E-state index in [0.717, 1.165) is 6.42 Å². The number of hydrogen-bond acceptors (Lipinski definition) is 5. The largest absolute Gasteiger partial charge is 0.349 e. The van der Waals surface area contributed by atoms with Gasteiger partial charge in [-0.15, -0.1) is 0 Å². The minimum Gasteiger partial charge on any atom is -0.349 e. The predicted octanol–water partition coefficient (Wildman–Crippen LogP) is 0.778. The maximum Gasteiger partial charge on any atom is 0.217 e. The Labute approximate surface area is 102 Å². The first-order chi connectivity index (χ1) is 7.90. The van der Waals surface area contributed by atoms with Gasteiger partial charge in [0.15, 0.2) is 5.78 Å². The van der Waals surface area contributed by atoms with Crippen LogP contribution < -0.4 is 0 Å². The minimum absolute atomic E-state index is 0.150. The lowest BCUT2D eigenvalue weighted by Crippen LogP contribution is -2.37. The molecule has 0 aliphatic heterocycles. The molecule has 1 aliphatic rings. The molecule has 6 heteroatoms. The first-order valence-electron chi connectivity index (χ1n) is 5.68. The van der Waals surface area contributed by atoms with E-state index in [1.54, 1.807) is 0 Å². The molecular weight excluding hydrogens is 244 g/mol. The zero-order valence-electron chi connectivity index (χ0n) is 10.5. The lowest BCUT2D eigenvalue weighted by Gasteiger charge is -2.28. The summed E-state index contributed by atoms with van der Waals surface area (Å²) in [6, 6.07) is 0. The Bertz CT molecular complexity index is 358. The summed E-state index contributed by atoms with van der Waals surface area (Å²) in [6.07, 6.45) is 2.86. The fraction of sp³-hybridized carbons (Fsp3) is 0.909. The fourth-order valence-corrected chi connectivity index (χ4v) is 3.49. The predicted molar refractivity (Wildman–Crippen MR) is 63.4 cm³/mol. The quantitative estimate of drug-likeness (QED) is 0.686. The number of methoxy groups -OCH3 is 2. The van der Waals surface area contributed by atoms with Crippen molar-refractivity contribution in [2.45, 2.75) is 37.2 Å². The van der Waals surface area contributed by atoms with Gasteiger partial charge in [0.05, 0.1) is 5.25 Å². The molecule has 0 N–H and O–H groups in total. The Balaban J connectivity index is 2.70. The summed E-state index contributed by atoms with van der Waals surface area (Å²) in [5.74, 6) is -0.420. The highest BCUT2D eigenvalue weighted by atomic mass is 32.2. The zero-order chi connectivity index (χ0) is 13.1. The van der Waals surface area contributed by atoms with Gasteiger partial charge < -0.3 is 9.47 Å². The van der Waals surface area contributed by atoms with Crippen molar-refractivity contribution < 1.29 is 22.7 Å². The third-order valence-electron chi connectivity index (χ3n) is 3.29. The van der Waals surface area contributed by atoms with Crippen LogP contribution in [0.15, 0.2) is 0 Å². The molecule has 0 bridgehead atoms. The van der Waals surface area contributed by atoms with E-state index in [1.807, 2.05) is 0 Å². The highest BCUT2D eigenvalue weighted by Crippen LogP contribution is 2.30. The van der Waals surface area contributed by atoms with E-state index in [-0.39, 0.29) is 11.7 Å². The molecule has 1 fully saturated rings. The van der Waals surface area contributed by atoms with Crippen LogP contribution in [-0.2, 0) is 24.1 Å². The molecule has 2 unspecified atom stereocenters. The molecule has 100 valence electrons. The van der Waals surface area contributed by atoms with E-state index in [9.17, 15) is 13.2 Å². The van der Waals surface area contributed by atoms with E-state index in [1.165, 1.54) is 20.5 Å². The average Bonchev–Trinajstić information content (AvgIpc) is 2.29. The summed E-state index contributed by atoms with van der Waals surface area (Å²) in [7, 11) is -0.254. The van der Waals surface area contributed by atoms with Gasteiger partial charge in [-0.3, -0.25) is 4.79 Å². The van der Waals surface area contributed by atoms with Crippen LogP contribution in [0, 0.1) is 5.92 Å². The number of hydrogen-bond donors (Lipinski definition) is 0. The molecule has 1 saturated carbocycles. The summed E-state index contributed by atoms with van der Waals surface area (Å²) in [6.45, 7) is 0. The SMILES string of the molecule is COC(OC)C(=O)C1CCCC(S(C)(=O)=O)C1. The van der Waals surface area contributed by atoms with Crippen molar-refractivity contribution in [2.24, 2.45) is 5.92 Å². The van der Waals surface area contributed by atoms with Gasteiger partial charge in [0, 0.05) is 26.4 Å². The van der Waals surface area contributed by atoms with E-state index in [4.69, 9.17) is 9.47 Å². The Morgan fingerprint density at radius 2 is 1.82 bits per heavy atom.